The van der Waals surface area contributed by atoms with Crippen molar-refractivity contribution in [1.29, 1.82) is 0 Å². The zero-order valence-corrected chi connectivity index (χ0v) is 12.4. The highest BCUT2D eigenvalue weighted by molar-refractivity contribution is 9.10. The number of amides is 1. The number of guanidine groups is 1. The van der Waals surface area contributed by atoms with E-state index in [9.17, 15) is 4.79 Å². The highest BCUT2D eigenvalue weighted by Crippen LogP contribution is 2.35. The molecule has 1 aliphatic rings. The fourth-order valence-electron chi connectivity index (χ4n) is 1.91. The van der Waals surface area contributed by atoms with Crippen molar-refractivity contribution in [3.8, 4) is 0 Å². The minimum Gasteiger partial charge on any atom is -0.369 e. The molecule has 4 nitrogen and oxygen atoms in total. The van der Waals surface area contributed by atoms with Gasteiger partial charge in [0.25, 0.3) is 0 Å². The molecule has 2 N–H and O–H groups in total. The summed E-state index contributed by atoms with van der Waals surface area (Å²) in [4.78, 5) is 17.7. The zero-order chi connectivity index (χ0) is 13.5. The van der Waals surface area contributed by atoms with Crippen molar-refractivity contribution >= 4 is 39.4 Å². The molecule has 1 aromatic rings. The number of benzene rings is 1. The summed E-state index contributed by atoms with van der Waals surface area (Å²) in [7, 11) is 1.62. The smallest absolute Gasteiger partial charge is 0.231 e. The largest absolute Gasteiger partial charge is 0.369 e. The molecule has 0 aliphatic carbocycles. The van der Waals surface area contributed by atoms with Gasteiger partial charge in [0.05, 0.1) is 17.0 Å². The number of hydrogen-bond acceptors (Lipinski definition) is 3. The van der Waals surface area contributed by atoms with E-state index in [1.165, 1.54) is 4.90 Å². The molecule has 1 atom stereocenters. The maximum absolute atomic E-state index is 11.9. The first-order valence-electron chi connectivity index (χ1n) is 5.41. The van der Waals surface area contributed by atoms with Gasteiger partial charge in [-0.05, 0) is 40.5 Å². The van der Waals surface area contributed by atoms with Crippen LogP contribution in [0.5, 0.6) is 0 Å². The Morgan fingerprint density at radius 3 is 2.78 bits per heavy atom. The molecule has 1 aliphatic heterocycles. The van der Waals surface area contributed by atoms with Crippen LogP contribution in [0.15, 0.2) is 27.7 Å². The molecule has 0 spiro atoms. The van der Waals surface area contributed by atoms with E-state index in [0.717, 1.165) is 10.0 Å². The van der Waals surface area contributed by atoms with Crippen molar-refractivity contribution in [2.45, 2.75) is 18.9 Å². The fourth-order valence-corrected chi connectivity index (χ4v) is 2.40. The van der Waals surface area contributed by atoms with Gasteiger partial charge >= 0.3 is 0 Å². The molecule has 0 aromatic heterocycles. The first kappa shape index (κ1) is 13.4. The first-order chi connectivity index (χ1) is 8.33. The van der Waals surface area contributed by atoms with Crippen molar-refractivity contribution < 1.29 is 4.79 Å². The van der Waals surface area contributed by atoms with Crippen LogP contribution in [0.2, 0.25) is 5.02 Å². The Bertz CT molecular complexity index is 546. The van der Waals surface area contributed by atoms with Crippen molar-refractivity contribution in [2.24, 2.45) is 10.7 Å². The molecule has 1 aromatic carbocycles. The number of rotatable bonds is 1. The average Bonchev–Trinajstić information content (AvgIpc) is 2.29. The Morgan fingerprint density at radius 1 is 1.56 bits per heavy atom. The Morgan fingerprint density at radius 2 is 2.22 bits per heavy atom. The third-order valence-electron chi connectivity index (χ3n) is 3.12. The lowest BCUT2D eigenvalue weighted by molar-refractivity contribution is -0.128. The average molecular weight is 331 g/mol. The molecule has 0 saturated carbocycles. The second-order valence-corrected chi connectivity index (χ2v) is 5.76. The second-order valence-electron chi connectivity index (χ2n) is 4.50. The standard InChI is InChI=1S/C12H13BrClN3O/c1-12(6-10(18)17(2)11(15)16-12)7-3-4-9(14)8(13)5-7/h3-5H,6H2,1-2H3,(H2,15,16). The van der Waals surface area contributed by atoms with E-state index < -0.39 is 5.54 Å². The molecule has 2 rings (SSSR count). The lowest BCUT2D eigenvalue weighted by atomic mass is 9.88. The monoisotopic (exact) mass is 329 g/mol. The Kier molecular flexibility index (Phi) is 3.38. The number of nitrogens with two attached hydrogens (primary N) is 1. The van der Waals surface area contributed by atoms with Gasteiger partial charge in [0.1, 0.15) is 0 Å². The normalized spacial score (nSPS) is 24.1. The van der Waals surface area contributed by atoms with Gasteiger partial charge in [0.2, 0.25) is 5.91 Å². The van der Waals surface area contributed by atoms with Crippen molar-refractivity contribution in [3.05, 3.63) is 33.3 Å². The minimum absolute atomic E-state index is 0.0453. The maximum atomic E-state index is 11.9. The summed E-state index contributed by atoms with van der Waals surface area (Å²) in [6.07, 6.45) is 0.290. The number of aliphatic imine (C=N–C) groups is 1. The number of carbonyl (C=O) groups excluding carboxylic acids is 1. The quantitative estimate of drug-likeness (QED) is 0.860. The molecule has 0 fully saturated rings. The van der Waals surface area contributed by atoms with E-state index in [4.69, 9.17) is 17.3 Å². The summed E-state index contributed by atoms with van der Waals surface area (Å²) in [5, 5.41) is 0.624. The van der Waals surface area contributed by atoms with Gasteiger partial charge in [-0.3, -0.25) is 9.69 Å². The predicted octanol–water partition coefficient (Wildman–Crippen LogP) is 2.49. The molecule has 18 heavy (non-hydrogen) atoms. The molecule has 0 bridgehead atoms. The summed E-state index contributed by atoms with van der Waals surface area (Å²) < 4.78 is 0.781. The van der Waals surface area contributed by atoms with Crippen LogP contribution < -0.4 is 5.73 Å². The van der Waals surface area contributed by atoms with Crippen LogP contribution in [0.4, 0.5) is 0 Å². The Labute approximate surface area is 119 Å². The summed E-state index contributed by atoms with van der Waals surface area (Å²) in [6.45, 7) is 1.89. The SMILES string of the molecule is CN1C(=O)CC(C)(c2ccc(Cl)c(Br)c2)N=C1N. The molecule has 0 saturated heterocycles. The van der Waals surface area contributed by atoms with E-state index in [2.05, 4.69) is 20.9 Å². The van der Waals surface area contributed by atoms with E-state index >= 15 is 0 Å². The van der Waals surface area contributed by atoms with Crippen LogP contribution in [0.25, 0.3) is 0 Å². The van der Waals surface area contributed by atoms with Crippen molar-refractivity contribution in [2.75, 3.05) is 7.05 Å². The van der Waals surface area contributed by atoms with Crippen LogP contribution in [0.3, 0.4) is 0 Å². The van der Waals surface area contributed by atoms with E-state index in [0.29, 0.717) is 5.02 Å². The van der Waals surface area contributed by atoms with Gasteiger partial charge in [-0.2, -0.15) is 0 Å². The Hall–Kier alpha value is -1.07. The predicted molar refractivity (Wildman–Crippen MR) is 75.5 cm³/mol. The molecular formula is C12H13BrClN3O. The summed E-state index contributed by atoms with van der Waals surface area (Å²) in [5.41, 5.74) is 6.03. The van der Waals surface area contributed by atoms with Crippen LogP contribution in [0, 0.1) is 0 Å². The van der Waals surface area contributed by atoms with Crippen LogP contribution >= 0.6 is 27.5 Å². The third kappa shape index (κ3) is 2.24. The van der Waals surface area contributed by atoms with Gasteiger partial charge < -0.3 is 5.73 Å². The van der Waals surface area contributed by atoms with Gasteiger partial charge in [-0.1, -0.05) is 17.7 Å². The van der Waals surface area contributed by atoms with Gasteiger partial charge in [-0.25, -0.2) is 4.99 Å². The molecule has 0 radical (unpaired) electrons. The first-order valence-corrected chi connectivity index (χ1v) is 6.58. The molecule has 1 heterocycles. The summed E-state index contributed by atoms with van der Waals surface area (Å²) >= 11 is 9.33. The van der Waals surface area contributed by atoms with Gasteiger partial charge in [0.15, 0.2) is 5.96 Å². The maximum Gasteiger partial charge on any atom is 0.231 e. The molecule has 96 valence electrons. The van der Waals surface area contributed by atoms with Gasteiger partial charge in [0, 0.05) is 11.5 Å². The van der Waals surface area contributed by atoms with Crippen LogP contribution in [-0.4, -0.2) is 23.8 Å². The van der Waals surface area contributed by atoms with Crippen LogP contribution in [-0.2, 0) is 10.3 Å². The lowest BCUT2D eigenvalue weighted by Crippen LogP contribution is -2.47. The number of halogens is 2. The lowest BCUT2D eigenvalue weighted by Gasteiger charge is -2.33. The molecule has 1 amide bonds. The fraction of sp³-hybridized carbons (Fsp3) is 0.333. The van der Waals surface area contributed by atoms with Crippen molar-refractivity contribution in [1.82, 2.24) is 4.90 Å². The zero-order valence-electron chi connectivity index (χ0n) is 10.1. The summed E-state index contributed by atoms with van der Waals surface area (Å²) in [6, 6.07) is 5.51. The minimum atomic E-state index is -0.638. The second kappa shape index (κ2) is 4.55. The highest BCUT2D eigenvalue weighted by Gasteiger charge is 2.36. The number of carbonyl (C=O) groups is 1. The van der Waals surface area contributed by atoms with Crippen LogP contribution in [0.1, 0.15) is 18.9 Å². The number of nitrogens with zero attached hydrogens (tertiary/aromatic N) is 2. The Balaban J connectivity index is 2.48. The van der Waals surface area contributed by atoms with E-state index in [-0.39, 0.29) is 18.3 Å². The summed E-state index contributed by atoms with van der Waals surface area (Å²) in [5.74, 6) is 0.191. The van der Waals surface area contributed by atoms with E-state index in [1.54, 1.807) is 13.1 Å². The topological polar surface area (TPSA) is 58.7 Å². The molecule has 6 heteroatoms. The molecule has 1 unspecified atom stereocenters. The third-order valence-corrected chi connectivity index (χ3v) is 4.33. The molecular weight excluding hydrogens is 318 g/mol. The number of hydrogen-bond donors (Lipinski definition) is 1. The van der Waals surface area contributed by atoms with E-state index in [1.807, 2.05) is 19.1 Å². The highest BCUT2D eigenvalue weighted by atomic mass is 79.9. The van der Waals surface area contributed by atoms with Crippen molar-refractivity contribution in [3.63, 3.8) is 0 Å². The van der Waals surface area contributed by atoms with Gasteiger partial charge in [-0.15, -0.1) is 0 Å².